The molecule has 0 saturated heterocycles. The zero-order valence-corrected chi connectivity index (χ0v) is 13.6. The molecular weight excluding hydrogens is 356 g/mol. The molecule has 0 aliphatic heterocycles. The van der Waals surface area contributed by atoms with Gasteiger partial charge >= 0.3 is 0 Å². The summed E-state index contributed by atoms with van der Waals surface area (Å²) >= 11 is 9.24. The second kappa shape index (κ2) is 6.83. The molecule has 1 unspecified atom stereocenters. The van der Waals surface area contributed by atoms with Crippen LogP contribution in [0, 0.1) is 0 Å². The topological polar surface area (TPSA) is 64.3 Å². The first-order valence-corrected chi connectivity index (χ1v) is 7.33. The quantitative estimate of drug-likeness (QED) is 0.843. The summed E-state index contributed by atoms with van der Waals surface area (Å²) in [5.41, 5.74) is 6.92. The van der Waals surface area contributed by atoms with Crippen LogP contribution < -0.4 is 15.8 Å². The molecule has 0 aliphatic carbocycles. The van der Waals surface area contributed by atoms with Gasteiger partial charge in [0.25, 0.3) is 0 Å². The highest BCUT2D eigenvalue weighted by molar-refractivity contribution is 9.10. The first kappa shape index (κ1) is 15.7. The van der Waals surface area contributed by atoms with Gasteiger partial charge in [0.05, 0.1) is 7.11 Å². The van der Waals surface area contributed by atoms with Crippen LogP contribution in [-0.4, -0.2) is 13.0 Å². The minimum absolute atomic E-state index is 0.499. The van der Waals surface area contributed by atoms with Crippen LogP contribution in [-0.2, 0) is 4.79 Å². The third-order valence-corrected chi connectivity index (χ3v) is 3.69. The molecule has 0 heterocycles. The molecule has 0 aromatic heterocycles. The molecule has 21 heavy (non-hydrogen) atoms. The number of halogens is 2. The average molecular weight is 370 g/mol. The molecule has 110 valence electrons. The van der Waals surface area contributed by atoms with Crippen LogP contribution in [0.5, 0.6) is 5.75 Å². The first-order chi connectivity index (χ1) is 10.0. The number of rotatable bonds is 5. The largest absolute Gasteiger partial charge is 0.496 e. The second-order valence-corrected chi connectivity index (χ2v) is 5.72. The Hall–Kier alpha value is -1.72. The van der Waals surface area contributed by atoms with Gasteiger partial charge in [-0.1, -0.05) is 27.5 Å². The molecule has 0 bridgehead atoms. The summed E-state index contributed by atoms with van der Waals surface area (Å²) in [6, 6.07) is 11.7. The van der Waals surface area contributed by atoms with E-state index in [1.807, 2.05) is 6.07 Å². The summed E-state index contributed by atoms with van der Waals surface area (Å²) in [5.74, 6) is 0.0878. The molecule has 0 saturated carbocycles. The fourth-order valence-electron chi connectivity index (χ4n) is 1.95. The average Bonchev–Trinajstić information content (AvgIpc) is 2.46. The van der Waals surface area contributed by atoms with E-state index in [-0.39, 0.29) is 0 Å². The Morgan fingerprint density at radius 3 is 2.52 bits per heavy atom. The van der Waals surface area contributed by atoms with Crippen molar-refractivity contribution in [2.24, 2.45) is 5.73 Å². The molecule has 2 rings (SSSR count). The number of amides is 1. The maximum atomic E-state index is 11.8. The van der Waals surface area contributed by atoms with E-state index in [1.165, 1.54) is 0 Å². The lowest BCUT2D eigenvalue weighted by molar-refractivity contribution is -0.118. The fraction of sp³-hybridized carbons (Fsp3) is 0.133. The van der Waals surface area contributed by atoms with Crippen molar-refractivity contribution in [2.75, 3.05) is 12.4 Å². The molecular formula is C15H14BrClN2O2. The van der Waals surface area contributed by atoms with Crippen LogP contribution in [0.3, 0.4) is 0 Å². The van der Waals surface area contributed by atoms with Crippen molar-refractivity contribution in [1.82, 2.24) is 0 Å². The third kappa shape index (κ3) is 3.89. The normalized spacial score (nSPS) is 11.8. The van der Waals surface area contributed by atoms with Gasteiger partial charge in [0.2, 0.25) is 5.91 Å². The van der Waals surface area contributed by atoms with Gasteiger partial charge in [-0.25, -0.2) is 0 Å². The Kier molecular flexibility index (Phi) is 5.09. The number of carbonyl (C=O) groups excluding carboxylic acids is 1. The van der Waals surface area contributed by atoms with Crippen molar-refractivity contribution in [1.29, 1.82) is 0 Å². The summed E-state index contributed by atoms with van der Waals surface area (Å²) < 4.78 is 6.13. The van der Waals surface area contributed by atoms with Crippen molar-refractivity contribution < 1.29 is 9.53 Å². The molecule has 4 nitrogen and oxygen atoms in total. The molecule has 0 spiro atoms. The van der Waals surface area contributed by atoms with E-state index in [9.17, 15) is 4.79 Å². The number of benzene rings is 2. The number of hydrogen-bond donors (Lipinski definition) is 2. The maximum absolute atomic E-state index is 11.8. The van der Waals surface area contributed by atoms with Gasteiger partial charge in [0.1, 0.15) is 11.8 Å². The summed E-state index contributed by atoms with van der Waals surface area (Å²) in [6.07, 6.45) is 0. The van der Waals surface area contributed by atoms with Crippen LogP contribution in [0.15, 0.2) is 46.9 Å². The molecule has 3 N–H and O–H groups in total. The number of anilines is 1. The third-order valence-electron chi connectivity index (χ3n) is 2.94. The Labute approximate surface area is 136 Å². The second-order valence-electron chi connectivity index (χ2n) is 4.37. The van der Waals surface area contributed by atoms with Gasteiger partial charge in [-0.15, -0.1) is 0 Å². The number of nitrogens with one attached hydrogen (secondary N) is 1. The zero-order chi connectivity index (χ0) is 15.4. The number of carbonyl (C=O) groups is 1. The van der Waals surface area contributed by atoms with Gasteiger partial charge < -0.3 is 15.8 Å². The van der Waals surface area contributed by atoms with Crippen molar-refractivity contribution >= 4 is 39.1 Å². The number of hydrogen-bond acceptors (Lipinski definition) is 3. The Balaban J connectivity index is 2.37. The molecule has 1 atom stereocenters. The molecule has 0 radical (unpaired) electrons. The monoisotopic (exact) mass is 368 g/mol. The van der Waals surface area contributed by atoms with Gasteiger partial charge in [-0.05, 0) is 42.5 Å². The highest BCUT2D eigenvalue weighted by atomic mass is 79.9. The van der Waals surface area contributed by atoms with Gasteiger partial charge in [-0.2, -0.15) is 0 Å². The molecule has 1 amide bonds. The Morgan fingerprint density at radius 2 is 1.95 bits per heavy atom. The van der Waals surface area contributed by atoms with Crippen molar-refractivity contribution in [3.8, 4) is 5.75 Å². The Bertz CT molecular complexity index is 647. The number of ether oxygens (including phenoxy) is 1. The lowest BCUT2D eigenvalue weighted by Gasteiger charge is -2.20. The van der Waals surface area contributed by atoms with E-state index >= 15 is 0 Å². The highest BCUT2D eigenvalue weighted by Crippen LogP contribution is 2.31. The van der Waals surface area contributed by atoms with Crippen LogP contribution in [0.25, 0.3) is 0 Å². The summed E-state index contributed by atoms with van der Waals surface area (Å²) in [4.78, 5) is 11.8. The van der Waals surface area contributed by atoms with E-state index < -0.39 is 11.9 Å². The van der Waals surface area contributed by atoms with E-state index in [2.05, 4.69) is 21.2 Å². The summed E-state index contributed by atoms with van der Waals surface area (Å²) in [6.45, 7) is 0. The standard InChI is InChI=1S/C15H14BrClN2O2/c1-21-13-7-2-9(16)8-12(13)14(15(18)20)19-11-5-3-10(17)4-6-11/h2-8,14,19H,1H3,(H2,18,20). The summed E-state index contributed by atoms with van der Waals surface area (Å²) in [5, 5.41) is 3.71. The van der Waals surface area contributed by atoms with E-state index in [0.717, 1.165) is 10.2 Å². The number of nitrogens with two attached hydrogens (primary N) is 1. The van der Waals surface area contributed by atoms with E-state index in [1.54, 1.807) is 43.5 Å². The smallest absolute Gasteiger partial charge is 0.244 e. The minimum Gasteiger partial charge on any atom is -0.496 e. The van der Waals surface area contributed by atoms with E-state index in [4.69, 9.17) is 22.1 Å². The van der Waals surface area contributed by atoms with Crippen LogP contribution in [0.4, 0.5) is 5.69 Å². The molecule has 2 aromatic rings. The Morgan fingerprint density at radius 1 is 1.29 bits per heavy atom. The van der Waals surface area contributed by atoms with Crippen LogP contribution >= 0.6 is 27.5 Å². The predicted octanol–water partition coefficient (Wildman–Crippen LogP) is 3.75. The number of primary amides is 1. The van der Waals surface area contributed by atoms with Gasteiger partial charge in [0.15, 0.2) is 0 Å². The molecule has 6 heteroatoms. The fourth-order valence-corrected chi connectivity index (χ4v) is 2.45. The molecule has 2 aromatic carbocycles. The zero-order valence-electron chi connectivity index (χ0n) is 11.3. The van der Waals surface area contributed by atoms with Crippen LogP contribution in [0.1, 0.15) is 11.6 Å². The summed E-state index contributed by atoms with van der Waals surface area (Å²) in [7, 11) is 1.55. The maximum Gasteiger partial charge on any atom is 0.244 e. The van der Waals surface area contributed by atoms with Gasteiger partial charge in [-0.3, -0.25) is 4.79 Å². The van der Waals surface area contributed by atoms with Crippen molar-refractivity contribution in [3.05, 3.63) is 57.5 Å². The minimum atomic E-state index is -0.710. The van der Waals surface area contributed by atoms with Crippen molar-refractivity contribution in [3.63, 3.8) is 0 Å². The van der Waals surface area contributed by atoms with Crippen molar-refractivity contribution in [2.45, 2.75) is 6.04 Å². The highest BCUT2D eigenvalue weighted by Gasteiger charge is 2.22. The lowest BCUT2D eigenvalue weighted by Crippen LogP contribution is -2.28. The SMILES string of the molecule is COc1ccc(Br)cc1C(Nc1ccc(Cl)cc1)C(N)=O. The van der Waals surface area contributed by atoms with E-state index in [0.29, 0.717) is 16.3 Å². The lowest BCUT2D eigenvalue weighted by atomic mass is 10.0. The molecule has 0 aliphatic rings. The molecule has 0 fully saturated rings. The number of methoxy groups -OCH3 is 1. The van der Waals surface area contributed by atoms with Crippen LogP contribution in [0.2, 0.25) is 5.02 Å². The predicted molar refractivity (Wildman–Crippen MR) is 87.7 cm³/mol. The van der Waals surface area contributed by atoms with Gasteiger partial charge in [0, 0.05) is 20.7 Å². The first-order valence-electron chi connectivity index (χ1n) is 6.16.